The van der Waals surface area contributed by atoms with Crippen molar-refractivity contribution in [3.63, 3.8) is 0 Å². The molecule has 2 aromatic carbocycles. The minimum absolute atomic E-state index is 0.0273. The second-order valence-corrected chi connectivity index (χ2v) is 8.09. The van der Waals surface area contributed by atoms with Crippen LogP contribution in [0.25, 0.3) is 0 Å². The van der Waals surface area contributed by atoms with Gasteiger partial charge in [-0.05, 0) is 48.9 Å². The number of sulfonamides is 1. The Bertz CT molecular complexity index is 970. The predicted molar refractivity (Wildman–Crippen MR) is 106 cm³/mol. The van der Waals surface area contributed by atoms with Crippen LogP contribution < -0.4 is 15.5 Å². The summed E-state index contributed by atoms with van der Waals surface area (Å²) in [5, 5.41) is 5.56. The first kappa shape index (κ1) is 21.5. The molecule has 0 fully saturated rings. The van der Waals surface area contributed by atoms with E-state index in [1.165, 1.54) is 31.4 Å². The van der Waals surface area contributed by atoms with Crippen molar-refractivity contribution in [2.24, 2.45) is 5.92 Å². The van der Waals surface area contributed by atoms with Gasteiger partial charge in [0.1, 0.15) is 0 Å². The van der Waals surface area contributed by atoms with Crippen LogP contribution in [0.2, 0.25) is 0 Å². The van der Waals surface area contributed by atoms with Crippen LogP contribution in [0.1, 0.15) is 29.8 Å². The molecule has 0 atom stereocenters. The number of amides is 2. The summed E-state index contributed by atoms with van der Waals surface area (Å²) in [6.45, 7) is 5.41. The highest BCUT2D eigenvalue weighted by Crippen LogP contribution is 2.22. The van der Waals surface area contributed by atoms with Crippen molar-refractivity contribution in [1.29, 1.82) is 0 Å². The standard InChI is InChI=1S/C19H23N3O5S/c1-12(2)18(23)20-15-8-5-13(3)17(11-15)21-19(24)14-6-9-16(10-7-14)28(25,26)22-27-4/h5-12,22H,1-4H3,(H,20,23)(H,21,24). The first-order valence-corrected chi connectivity index (χ1v) is 10.00. The first-order valence-electron chi connectivity index (χ1n) is 8.51. The number of benzene rings is 2. The van der Waals surface area contributed by atoms with Gasteiger partial charge in [0.05, 0.1) is 12.0 Å². The van der Waals surface area contributed by atoms with Crippen molar-refractivity contribution in [2.45, 2.75) is 25.7 Å². The third-order valence-corrected chi connectivity index (χ3v) is 5.18. The molecular weight excluding hydrogens is 382 g/mol. The number of anilines is 2. The van der Waals surface area contributed by atoms with E-state index in [1.807, 2.05) is 11.8 Å². The van der Waals surface area contributed by atoms with Crippen LogP contribution >= 0.6 is 0 Å². The number of aryl methyl sites for hydroxylation is 1. The number of carbonyl (C=O) groups is 2. The summed E-state index contributed by atoms with van der Waals surface area (Å²) in [5.41, 5.74) is 2.22. The molecule has 0 saturated carbocycles. The van der Waals surface area contributed by atoms with Gasteiger partial charge in [-0.3, -0.25) is 14.4 Å². The van der Waals surface area contributed by atoms with Gasteiger partial charge in [0.25, 0.3) is 15.9 Å². The second kappa shape index (κ2) is 8.96. The van der Waals surface area contributed by atoms with E-state index in [-0.39, 0.29) is 22.3 Å². The molecule has 2 rings (SSSR count). The number of hydrogen-bond acceptors (Lipinski definition) is 5. The van der Waals surface area contributed by atoms with E-state index in [1.54, 1.807) is 32.0 Å². The van der Waals surface area contributed by atoms with Crippen LogP contribution in [0.4, 0.5) is 11.4 Å². The van der Waals surface area contributed by atoms with Gasteiger partial charge in [-0.25, -0.2) is 8.42 Å². The zero-order valence-electron chi connectivity index (χ0n) is 16.1. The van der Waals surface area contributed by atoms with E-state index in [0.717, 1.165) is 5.56 Å². The minimum atomic E-state index is -3.79. The molecule has 3 N–H and O–H groups in total. The van der Waals surface area contributed by atoms with E-state index < -0.39 is 15.9 Å². The Morgan fingerprint density at radius 3 is 2.21 bits per heavy atom. The molecule has 0 spiro atoms. The maximum atomic E-state index is 12.5. The topological polar surface area (TPSA) is 114 Å². The minimum Gasteiger partial charge on any atom is -0.326 e. The molecule has 0 radical (unpaired) electrons. The summed E-state index contributed by atoms with van der Waals surface area (Å²) in [6.07, 6.45) is 0. The van der Waals surface area contributed by atoms with Crippen molar-refractivity contribution in [3.8, 4) is 0 Å². The lowest BCUT2D eigenvalue weighted by Crippen LogP contribution is -2.22. The summed E-state index contributed by atoms with van der Waals surface area (Å²) < 4.78 is 23.7. The highest BCUT2D eigenvalue weighted by molar-refractivity contribution is 7.89. The summed E-state index contributed by atoms with van der Waals surface area (Å²) in [5.74, 6) is -0.691. The van der Waals surface area contributed by atoms with Gasteiger partial charge in [0.15, 0.2) is 0 Å². The summed E-state index contributed by atoms with van der Waals surface area (Å²) in [7, 11) is -2.59. The van der Waals surface area contributed by atoms with Gasteiger partial charge in [0, 0.05) is 22.9 Å². The molecule has 0 unspecified atom stereocenters. The Morgan fingerprint density at radius 2 is 1.64 bits per heavy atom. The van der Waals surface area contributed by atoms with Crippen LogP contribution in [0.15, 0.2) is 47.4 Å². The monoisotopic (exact) mass is 405 g/mol. The number of nitrogens with one attached hydrogen (secondary N) is 3. The third kappa shape index (κ3) is 5.38. The largest absolute Gasteiger partial charge is 0.326 e. The van der Waals surface area contributed by atoms with Crippen molar-refractivity contribution >= 4 is 33.2 Å². The Balaban J connectivity index is 2.17. The van der Waals surface area contributed by atoms with Crippen molar-refractivity contribution in [2.75, 3.05) is 17.7 Å². The van der Waals surface area contributed by atoms with Gasteiger partial charge in [-0.1, -0.05) is 24.8 Å². The molecule has 0 aliphatic heterocycles. The molecule has 0 saturated heterocycles. The number of hydrogen-bond donors (Lipinski definition) is 3. The zero-order chi connectivity index (χ0) is 20.9. The molecule has 0 heterocycles. The van der Waals surface area contributed by atoms with Crippen molar-refractivity contribution < 1.29 is 22.8 Å². The highest BCUT2D eigenvalue weighted by atomic mass is 32.2. The highest BCUT2D eigenvalue weighted by Gasteiger charge is 2.15. The van der Waals surface area contributed by atoms with E-state index in [2.05, 4.69) is 15.5 Å². The number of carbonyl (C=O) groups excluding carboxylic acids is 2. The quantitative estimate of drug-likeness (QED) is 0.613. The average molecular weight is 405 g/mol. The van der Waals surface area contributed by atoms with Gasteiger partial charge in [-0.15, -0.1) is 0 Å². The summed E-state index contributed by atoms with van der Waals surface area (Å²) in [6, 6.07) is 10.6. The SMILES string of the molecule is CONS(=O)(=O)c1ccc(C(=O)Nc2cc(NC(=O)C(C)C)ccc2C)cc1. The molecule has 0 bridgehead atoms. The van der Waals surface area contributed by atoms with E-state index in [4.69, 9.17) is 0 Å². The Labute approximate surface area is 164 Å². The predicted octanol–water partition coefficient (Wildman–Crippen LogP) is 2.68. The fourth-order valence-electron chi connectivity index (χ4n) is 2.26. The lowest BCUT2D eigenvalue weighted by Gasteiger charge is -2.13. The fraction of sp³-hybridized carbons (Fsp3) is 0.263. The van der Waals surface area contributed by atoms with Crippen LogP contribution in [0.5, 0.6) is 0 Å². The maximum Gasteiger partial charge on any atom is 0.262 e. The molecular formula is C19H23N3O5S. The fourth-order valence-corrected chi connectivity index (χ4v) is 3.07. The van der Waals surface area contributed by atoms with Crippen LogP contribution in [0, 0.1) is 12.8 Å². The molecule has 0 aliphatic carbocycles. The van der Waals surface area contributed by atoms with Crippen molar-refractivity contribution in [1.82, 2.24) is 4.89 Å². The van der Waals surface area contributed by atoms with Crippen LogP contribution in [0.3, 0.4) is 0 Å². The maximum absolute atomic E-state index is 12.5. The second-order valence-electron chi connectivity index (χ2n) is 6.44. The Kier molecular flexibility index (Phi) is 6.90. The molecule has 28 heavy (non-hydrogen) atoms. The molecule has 0 aromatic heterocycles. The summed E-state index contributed by atoms with van der Waals surface area (Å²) in [4.78, 5) is 30.7. The van der Waals surface area contributed by atoms with E-state index in [9.17, 15) is 18.0 Å². The van der Waals surface area contributed by atoms with Gasteiger partial charge in [0.2, 0.25) is 5.91 Å². The van der Waals surface area contributed by atoms with Gasteiger partial charge in [-0.2, -0.15) is 0 Å². The Hall–Kier alpha value is -2.75. The molecule has 150 valence electrons. The third-order valence-electron chi connectivity index (χ3n) is 3.90. The normalized spacial score (nSPS) is 11.3. The lowest BCUT2D eigenvalue weighted by molar-refractivity contribution is -0.118. The van der Waals surface area contributed by atoms with E-state index >= 15 is 0 Å². The van der Waals surface area contributed by atoms with Gasteiger partial charge < -0.3 is 10.6 Å². The molecule has 0 aliphatic rings. The average Bonchev–Trinajstić information content (AvgIpc) is 2.64. The molecule has 9 heteroatoms. The summed E-state index contributed by atoms with van der Waals surface area (Å²) >= 11 is 0. The zero-order valence-corrected chi connectivity index (χ0v) is 16.9. The smallest absolute Gasteiger partial charge is 0.262 e. The molecule has 8 nitrogen and oxygen atoms in total. The number of rotatable bonds is 7. The molecule has 2 aromatic rings. The van der Waals surface area contributed by atoms with Gasteiger partial charge >= 0.3 is 0 Å². The lowest BCUT2D eigenvalue weighted by atomic mass is 10.1. The van der Waals surface area contributed by atoms with E-state index in [0.29, 0.717) is 11.4 Å². The van der Waals surface area contributed by atoms with Crippen molar-refractivity contribution in [3.05, 3.63) is 53.6 Å². The van der Waals surface area contributed by atoms with Crippen LogP contribution in [-0.2, 0) is 19.7 Å². The Morgan fingerprint density at radius 1 is 1.00 bits per heavy atom. The van der Waals surface area contributed by atoms with Crippen LogP contribution in [-0.4, -0.2) is 27.3 Å². The molecule has 2 amide bonds. The first-order chi connectivity index (χ1) is 13.1.